The highest BCUT2D eigenvalue weighted by Crippen LogP contribution is 2.30. The number of amides is 3. The monoisotopic (exact) mass is 549 g/mol. The van der Waals surface area contributed by atoms with Gasteiger partial charge in [0.15, 0.2) is 5.76 Å². The lowest BCUT2D eigenvalue weighted by Gasteiger charge is -2.35. The number of aromatic nitrogens is 1. The van der Waals surface area contributed by atoms with Gasteiger partial charge in [0.1, 0.15) is 17.2 Å². The van der Waals surface area contributed by atoms with Gasteiger partial charge in [-0.3, -0.25) is 4.79 Å². The third-order valence-corrected chi connectivity index (χ3v) is 7.26. The SMILES string of the molecule is Cc1c(C(=O)Nc2ccc(N3CCN(C(=O)Nc4ccccc4F)CC3)nc2)oc2cc(-c3ccccc3)ccc12. The number of hydrogen-bond donors (Lipinski definition) is 2. The van der Waals surface area contributed by atoms with Crippen molar-refractivity contribution in [2.75, 3.05) is 41.7 Å². The fraction of sp³-hybridized carbons (Fsp3) is 0.156. The highest BCUT2D eigenvalue weighted by molar-refractivity contribution is 6.06. The number of nitrogens with one attached hydrogen (secondary N) is 2. The molecule has 2 aromatic heterocycles. The molecule has 0 radical (unpaired) electrons. The molecule has 9 heteroatoms. The van der Waals surface area contributed by atoms with Crippen molar-refractivity contribution >= 4 is 40.1 Å². The molecule has 5 aromatic rings. The van der Waals surface area contributed by atoms with Crippen LogP contribution in [0.25, 0.3) is 22.1 Å². The Balaban J connectivity index is 1.07. The second kappa shape index (κ2) is 11.1. The predicted molar refractivity (Wildman–Crippen MR) is 158 cm³/mol. The van der Waals surface area contributed by atoms with E-state index < -0.39 is 5.82 Å². The van der Waals surface area contributed by atoms with Gasteiger partial charge in [-0.05, 0) is 48.4 Å². The maximum Gasteiger partial charge on any atom is 0.322 e. The molecule has 0 saturated carbocycles. The third kappa shape index (κ3) is 5.47. The number of rotatable bonds is 5. The Bertz CT molecular complexity index is 1710. The normalized spacial score (nSPS) is 13.3. The van der Waals surface area contributed by atoms with Crippen LogP contribution in [0.2, 0.25) is 0 Å². The zero-order chi connectivity index (χ0) is 28.3. The average molecular weight is 550 g/mol. The summed E-state index contributed by atoms with van der Waals surface area (Å²) < 4.78 is 19.9. The van der Waals surface area contributed by atoms with Gasteiger partial charge >= 0.3 is 6.03 Å². The number of furan rings is 1. The van der Waals surface area contributed by atoms with Crippen LogP contribution < -0.4 is 15.5 Å². The van der Waals surface area contributed by atoms with Gasteiger partial charge in [0.2, 0.25) is 0 Å². The molecular weight excluding hydrogens is 521 g/mol. The van der Waals surface area contributed by atoms with Crippen molar-refractivity contribution in [2.45, 2.75) is 6.92 Å². The lowest BCUT2D eigenvalue weighted by atomic mass is 10.0. The molecule has 1 fully saturated rings. The molecule has 41 heavy (non-hydrogen) atoms. The van der Waals surface area contributed by atoms with Crippen LogP contribution in [0.1, 0.15) is 16.1 Å². The van der Waals surface area contributed by atoms with Crippen LogP contribution >= 0.6 is 0 Å². The van der Waals surface area contributed by atoms with Crippen LogP contribution in [0.3, 0.4) is 0 Å². The molecule has 0 atom stereocenters. The first-order valence-corrected chi connectivity index (χ1v) is 13.4. The summed E-state index contributed by atoms with van der Waals surface area (Å²) in [5.74, 6) is 0.192. The molecule has 1 saturated heterocycles. The molecule has 3 amide bonds. The number of pyridine rings is 1. The predicted octanol–water partition coefficient (Wildman–Crippen LogP) is 6.55. The van der Waals surface area contributed by atoms with Gasteiger partial charge in [-0.15, -0.1) is 0 Å². The Labute approximate surface area is 236 Å². The number of piperazine rings is 1. The van der Waals surface area contributed by atoms with E-state index in [2.05, 4.69) is 20.5 Å². The minimum Gasteiger partial charge on any atom is -0.451 e. The Kier molecular flexibility index (Phi) is 7.08. The Morgan fingerprint density at radius 3 is 2.34 bits per heavy atom. The van der Waals surface area contributed by atoms with Crippen molar-refractivity contribution in [1.29, 1.82) is 0 Å². The number of urea groups is 1. The largest absolute Gasteiger partial charge is 0.451 e. The van der Waals surface area contributed by atoms with E-state index in [4.69, 9.17) is 4.42 Å². The quantitative estimate of drug-likeness (QED) is 0.260. The van der Waals surface area contributed by atoms with Crippen LogP contribution in [0.15, 0.2) is 95.5 Å². The first kappa shape index (κ1) is 26.1. The number of para-hydroxylation sites is 1. The molecule has 3 aromatic carbocycles. The minimum absolute atomic E-state index is 0.161. The molecule has 0 bridgehead atoms. The van der Waals surface area contributed by atoms with Crippen molar-refractivity contribution < 1.29 is 18.4 Å². The van der Waals surface area contributed by atoms with E-state index in [-0.39, 0.29) is 23.4 Å². The van der Waals surface area contributed by atoms with Gasteiger partial charge in [-0.2, -0.15) is 0 Å². The fourth-order valence-electron chi connectivity index (χ4n) is 4.98. The van der Waals surface area contributed by atoms with E-state index in [0.717, 1.165) is 27.9 Å². The van der Waals surface area contributed by atoms with Gasteiger partial charge in [0.05, 0.1) is 17.6 Å². The maximum absolute atomic E-state index is 13.9. The maximum atomic E-state index is 13.9. The van der Waals surface area contributed by atoms with Crippen LogP contribution in [0, 0.1) is 12.7 Å². The number of anilines is 3. The third-order valence-electron chi connectivity index (χ3n) is 7.26. The van der Waals surface area contributed by atoms with Crippen molar-refractivity contribution in [3.63, 3.8) is 0 Å². The summed E-state index contributed by atoms with van der Waals surface area (Å²) in [6, 6.07) is 25.4. The summed E-state index contributed by atoms with van der Waals surface area (Å²) in [5.41, 5.74) is 4.24. The summed E-state index contributed by atoms with van der Waals surface area (Å²) in [4.78, 5) is 33.9. The summed E-state index contributed by atoms with van der Waals surface area (Å²) in [6.45, 7) is 3.97. The van der Waals surface area contributed by atoms with Crippen LogP contribution in [-0.4, -0.2) is 48.0 Å². The molecule has 1 aliphatic heterocycles. The number of halogens is 1. The topological polar surface area (TPSA) is 90.7 Å². The second-order valence-electron chi connectivity index (χ2n) is 9.88. The van der Waals surface area contributed by atoms with Gasteiger partial charge in [-0.25, -0.2) is 14.2 Å². The fourth-order valence-corrected chi connectivity index (χ4v) is 4.98. The molecule has 0 aliphatic carbocycles. The molecule has 206 valence electrons. The number of nitrogens with zero attached hydrogens (tertiary/aromatic N) is 3. The lowest BCUT2D eigenvalue weighted by molar-refractivity contribution is 0.0998. The number of fused-ring (bicyclic) bond motifs is 1. The van der Waals surface area contributed by atoms with Crippen LogP contribution in [0.4, 0.5) is 26.4 Å². The molecule has 2 N–H and O–H groups in total. The molecule has 8 nitrogen and oxygen atoms in total. The van der Waals surface area contributed by atoms with Crippen LogP contribution in [0.5, 0.6) is 0 Å². The minimum atomic E-state index is -0.469. The highest BCUT2D eigenvalue weighted by Gasteiger charge is 2.23. The number of aryl methyl sites for hydroxylation is 1. The Morgan fingerprint density at radius 1 is 0.854 bits per heavy atom. The molecule has 6 rings (SSSR count). The number of benzene rings is 3. The van der Waals surface area contributed by atoms with E-state index in [0.29, 0.717) is 37.4 Å². The smallest absolute Gasteiger partial charge is 0.322 e. The summed E-state index contributed by atoms with van der Waals surface area (Å²) in [6.07, 6.45) is 1.61. The van der Waals surface area contributed by atoms with E-state index >= 15 is 0 Å². The zero-order valence-electron chi connectivity index (χ0n) is 22.4. The van der Waals surface area contributed by atoms with Crippen molar-refractivity contribution in [3.8, 4) is 11.1 Å². The summed E-state index contributed by atoms with van der Waals surface area (Å²) >= 11 is 0. The lowest BCUT2D eigenvalue weighted by Crippen LogP contribution is -2.50. The molecule has 3 heterocycles. The first-order valence-electron chi connectivity index (χ1n) is 13.4. The average Bonchev–Trinajstić information content (AvgIpc) is 3.35. The van der Waals surface area contributed by atoms with Gasteiger partial charge in [0.25, 0.3) is 5.91 Å². The van der Waals surface area contributed by atoms with E-state index in [9.17, 15) is 14.0 Å². The second-order valence-corrected chi connectivity index (χ2v) is 9.88. The molecule has 0 spiro atoms. The van der Waals surface area contributed by atoms with Gasteiger partial charge < -0.3 is 24.9 Å². The number of carbonyl (C=O) groups excluding carboxylic acids is 2. The number of carbonyl (C=O) groups is 2. The van der Waals surface area contributed by atoms with Crippen molar-refractivity contribution in [2.24, 2.45) is 0 Å². The zero-order valence-corrected chi connectivity index (χ0v) is 22.4. The molecule has 0 unspecified atom stereocenters. The summed E-state index contributed by atoms with van der Waals surface area (Å²) in [7, 11) is 0. The van der Waals surface area contributed by atoms with Crippen LogP contribution in [-0.2, 0) is 0 Å². The van der Waals surface area contributed by atoms with E-state index in [1.165, 1.54) is 12.1 Å². The molecular formula is C32H28FN5O3. The first-order chi connectivity index (χ1) is 20.0. The van der Waals surface area contributed by atoms with E-state index in [1.54, 1.807) is 29.3 Å². The van der Waals surface area contributed by atoms with Crippen molar-refractivity contribution in [3.05, 3.63) is 108 Å². The summed E-state index contributed by atoms with van der Waals surface area (Å²) in [5, 5.41) is 6.40. The van der Waals surface area contributed by atoms with Gasteiger partial charge in [-0.1, -0.05) is 54.6 Å². The Morgan fingerprint density at radius 2 is 1.61 bits per heavy atom. The highest BCUT2D eigenvalue weighted by atomic mass is 19.1. The van der Waals surface area contributed by atoms with Crippen molar-refractivity contribution in [1.82, 2.24) is 9.88 Å². The number of hydrogen-bond acceptors (Lipinski definition) is 5. The van der Waals surface area contributed by atoms with E-state index in [1.807, 2.05) is 61.5 Å². The Hall–Kier alpha value is -5.18. The van der Waals surface area contributed by atoms with Gasteiger partial charge in [0, 0.05) is 37.1 Å². The standard InChI is InChI=1S/C32H28FN5O3/c1-21-25-13-11-23(22-7-3-2-4-8-22)19-28(25)41-30(21)31(39)35-24-12-14-29(34-20-24)37-15-17-38(18-16-37)32(40)36-27-10-6-5-9-26(27)33/h2-14,19-20H,15-18H2,1H3,(H,35,39)(H,36,40). The molecule has 1 aliphatic rings.